The lowest BCUT2D eigenvalue weighted by Crippen LogP contribution is -2.32. The number of hydrogen-bond acceptors (Lipinski definition) is 4. The molecule has 6 heteroatoms. The van der Waals surface area contributed by atoms with Gasteiger partial charge in [-0.3, -0.25) is 4.90 Å². The van der Waals surface area contributed by atoms with Gasteiger partial charge in [0.05, 0.1) is 11.8 Å². The maximum atomic E-state index is 13.8. The van der Waals surface area contributed by atoms with E-state index >= 15 is 0 Å². The first-order valence-electron chi connectivity index (χ1n) is 9.19. The van der Waals surface area contributed by atoms with Crippen molar-refractivity contribution in [1.82, 2.24) is 19.5 Å². The molecule has 1 aliphatic heterocycles. The number of aliphatic hydroxyl groups is 1. The molecule has 0 fully saturated rings. The Labute approximate surface area is 157 Å². The lowest BCUT2D eigenvalue weighted by atomic mass is 10.0. The number of aryl methyl sites for hydroxylation is 2. The third-order valence-corrected chi connectivity index (χ3v) is 5.05. The van der Waals surface area contributed by atoms with Gasteiger partial charge < -0.3 is 5.11 Å². The molecule has 0 amide bonds. The molecule has 0 bridgehead atoms. The van der Waals surface area contributed by atoms with Crippen molar-refractivity contribution in [2.24, 2.45) is 0 Å². The Morgan fingerprint density at radius 2 is 2.04 bits per heavy atom. The molecule has 140 valence electrons. The summed E-state index contributed by atoms with van der Waals surface area (Å²) >= 11 is 0. The molecule has 0 spiro atoms. The van der Waals surface area contributed by atoms with Gasteiger partial charge in [0.25, 0.3) is 0 Å². The van der Waals surface area contributed by atoms with E-state index in [4.69, 9.17) is 5.10 Å². The molecule has 1 N–H and O–H groups in total. The average Bonchev–Trinajstić information content (AvgIpc) is 3.07. The summed E-state index contributed by atoms with van der Waals surface area (Å²) in [5.41, 5.74) is 5.40. The number of halogens is 1. The van der Waals surface area contributed by atoms with E-state index in [1.54, 1.807) is 18.2 Å². The molecule has 0 aliphatic carbocycles. The summed E-state index contributed by atoms with van der Waals surface area (Å²) in [4.78, 5) is 6.67. The van der Waals surface area contributed by atoms with Crippen molar-refractivity contribution >= 4 is 11.2 Å². The van der Waals surface area contributed by atoms with Crippen LogP contribution in [0.4, 0.5) is 4.39 Å². The zero-order chi connectivity index (χ0) is 19.0. The number of fused-ring (bicyclic) bond motifs is 1. The van der Waals surface area contributed by atoms with Crippen molar-refractivity contribution in [3.8, 4) is 0 Å². The van der Waals surface area contributed by atoms with Gasteiger partial charge in [0.15, 0.2) is 5.65 Å². The summed E-state index contributed by atoms with van der Waals surface area (Å²) in [5, 5.41) is 15.1. The molecule has 4 rings (SSSR count). The van der Waals surface area contributed by atoms with Crippen LogP contribution in [0.25, 0.3) is 11.2 Å². The zero-order valence-electron chi connectivity index (χ0n) is 15.6. The van der Waals surface area contributed by atoms with E-state index in [0.29, 0.717) is 18.7 Å². The largest absolute Gasteiger partial charge is 0.387 e. The van der Waals surface area contributed by atoms with Crippen LogP contribution in [0.5, 0.6) is 0 Å². The highest BCUT2D eigenvalue weighted by Gasteiger charge is 2.20. The van der Waals surface area contributed by atoms with E-state index in [2.05, 4.69) is 16.0 Å². The summed E-state index contributed by atoms with van der Waals surface area (Å²) in [7, 11) is 0. The topological polar surface area (TPSA) is 53.7 Å². The Morgan fingerprint density at radius 3 is 2.78 bits per heavy atom. The number of hydrogen-bond donors (Lipinski definition) is 1. The van der Waals surface area contributed by atoms with Gasteiger partial charge in [0, 0.05) is 42.7 Å². The SMILES string of the molecule is Cc1cc(C)n2nc(C3=CCN(C[C@H](O)c4ccccc4F)CC3)cc2n1. The molecule has 0 radical (unpaired) electrons. The van der Waals surface area contributed by atoms with E-state index in [-0.39, 0.29) is 5.82 Å². The number of aliphatic hydroxyl groups excluding tert-OH is 1. The molecule has 3 aromatic rings. The van der Waals surface area contributed by atoms with Gasteiger partial charge in [-0.05, 0) is 38.0 Å². The summed E-state index contributed by atoms with van der Waals surface area (Å²) in [6.45, 7) is 5.93. The monoisotopic (exact) mass is 366 g/mol. The first kappa shape index (κ1) is 17.8. The van der Waals surface area contributed by atoms with Gasteiger partial charge in [-0.2, -0.15) is 5.10 Å². The molecule has 1 aliphatic rings. The minimum absolute atomic E-state index is 0.351. The minimum atomic E-state index is -0.828. The van der Waals surface area contributed by atoms with Crippen LogP contribution in [0.1, 0.15) is 35.2 Å². The lowest BCUT2D eigenvalue weighted by molar-refractivity contribution is 0.116. The van der Waals surface area contributed by atoms with Crippen LogP contribution in [0.15, 0.2) is 42.5 Å². The van der Waals surface area contributed by atoms with Gasteiger partial charge in [-0.1, -0.05) is 24.3 Å². The van der Waals surface area contributed by atoms with Crippen LogP contribution in [-0.2, 0) is 0 Å². The second-order valence-corrected chi connectivity index (χ2v) is 7.11. The van der Waals surface area contributed by atoms with Crippen molar-refractivity contribution in [2.75, 3.05) is 19.6 Å². The highest BCUT2D eigenvalue weighted by atomic mass is 19.1. The Bertz CT molecular complexity index is 1010. The molecule has 27 heavy (non-hydrogen) atoms. The quantitative estimate of drug-likeness (QED) is 0.770. The Hall–Kier alpha value is -2.57. The van der Waals surface area contributed by atoms with Gasteiger partial charge in [-0.15, -0.1) is 0 Å². The predicted molar refractivity (Wildman–Crippen MR) is 103 cm³/mol. The van der Waals surface area contributed by atoms with Crippen molar-refractivity contribution in [2.45, 2.75) is 26.4 Å². The summed E-state index contributed by atoms with van der Waals surface area (Å²) in [6, 6.07) is 10.4. The number of aromatic nitrogens is 3. The molecule has 5 nitrogen and oxygen atoms in total. The highest BCUT2D eigenvalue weighted by molar-refractivity contribution is 5.67. The van der Waals surface area contributed by atoms with Crippen molar-refractivity contribution < 1.29 is 9.50 Å². The third kappa shape index (κ3) is 3.63. The van der Waals surface area contributed by atoms with Crippen LogP contribution in [0.3, 0.4) is 0 Å². The van der Waals surface area contributed by atoms with Gasteiger partial charge in [0.1, 0.15) is 5.82 Å². The highest BCUT2D eigenvalue weighted by Crippen LogP contribution is 2.25. The molecule has 1 aromatic carbocycles. The third-order valence-electron chi connectivity index (χ3n) is 5.05. The molecule has 0 unspecified atom stereocenters. The van der Waals surface area contributed by atoms with E-state index in [1.165, 1.54) is 11.6 Å². The van der Waals surface area contributed by atoms with Crippen LogP contribution >= 0.6 is 0 Å². The predicted octanol–water partition coefficient (Wildman–Crippen LogP) is 3.31. The van der Waals surface area contributed by atoms with E-state index in [1.807, 2.05) is 30.5 Å². The normalized spacial score (nSPS) is 16.5. The second kappa shape index (κ2) is 7.21. The smallest absolute Gasteiger partial charge is 0.156 e. The van der Waals surface area contributed by atoms with Gasteiger partial charge >= 0.3 is 0 Å². The van der Waals surface area contributed by atoms with Crippen LogP contribution in [0, 0.1) is 19.7 Å². The average molecular weight is 366 g/mol. The molecule has 3 heterocycles. The van der Waals surface area contributed by atoms with E-state index in [0.717, 1.165) is 35.7 Å². The summed E-state index contributed by atoms with van der Waals surface area (Å²) in [6.07, 6.45) is 2.15. The van der Waals surface area contributed by atoms with E-state index < -0.39 is 6.10 Å². The number of rotatable bonds is 4. The van der Waals surface area contributed by atoms with Gasteiger partial charge in [0.2, 0.25) is 0 Å². The second-order valence-electron chi connectivity index (χ2n) is 7.11. The number of β-amino-alcohol motifs (C(OH)–C–C–N with tert-alkyl or cyclic N) is 1. The summed E-state index contributed by atoms with van der Waals surface area (Å²) in [5.74, 6) is -0.360. The molecular formula is C21H23FN4O. The molecule has 1 atom stereocenters. The van der Waals surface area contributed by atoms with E-state index in [9.17, 15) is 9.50 Å². The zero-order valence-corrected chi connectivity index (χ0v) is 15.6. The first-order valence-corrected chi connectivity index (χ1v) is 9.19. The van der Waals surface area contributed by atoms with Crippen LogP contribution < -0.4 is 0 Å². The first-order chi connectivity index (χ1) is 13.0. The summed E-state index contributed by atoms with van der Waals surface area (Å²) < 4.78 is 15.7. The maximum absolute atomic E-state index is 13.8. The number of nitrogens with zero attached hydrogens (tertiary/aromatic N) is 4. The fourth-order valence-corrected chi connectivity index (χ4v) is 3.64. The Kier molecular flexibility index (Phi) is 4.76. The fourth-order valence-electron chi connectivity index (χ4n) is 3.64. The maximum Gasteiger partial charge on any atom is 0.156 e. The molecular weight excluding hydrogens is 343 g/mol. The van der Waals surface area contributed by atoms with Crippen LogP contribution in [0.2, 0.25) is 0 Å². The Balaban J connectivity index is 1.47. The van der Waals surface area contributed by atoms with Crippen molar-refractivity contribution in [1.29, 1.82) is 0 Å². The van der Waals surface area contributed by atoms with Crippen molar-refractivity contribution in [3.63, 3.8) is 0 Å². The minimum Gasteiger partial charge on any atom is -0.387 e. The molecule has 0 saturated heterocycles. The fraction of sp³-hybridized carbons (Fsp3) is 0.333. The van der Waals surface area contributed by atoms with Gasteiger partial charge in [-0.25, -0.2) is 13.9 Å². The standard InChI is InChI=1S/C21H23FN4O/c1-14-11-15(2)26-21(23-14)12-19(24-26)16-7-9-25(10-8-16)13-20(27)17-5-3-4-6-18(17)22/h3-7,11-12,20,27H,8-10,13H2,1-2H3/t20-/m0/s1. The molecule has 2 aromatic heterocycles. The molecule has 0 saturated carbocycles. The number of benzene rings is 1. The van der Waals surface area contributed by atoms with Crippen LogP contribution in [-0.4, -0.2) is 44.2 Å². The lowest BCUT2D eigenvalue weighted by Gasteiger charge is -2.28. The van der Waals surface area contributed by atoms with Crippen molar-refractivity contribution in [3.05, 3.63) is 70.9 Å². The Morgan fingerprint density at radius 1 is 1.22 bits per heavy atom.